The molecule has 0 aromatic carbocycles. The Bertz CT molecular complexity index is 415. The lowest BCUT2D eigenvalue weighted by Gasteiger charge is -2.49. The van der Waals surface area contributed by atoms with Crippen LogP contribution in [-0.4, -0.2) is 47.6 Å². The van der Waals surface area contributed by atoms with Crippen molar-refractivity contribution in [1.82, 2.24) is 10.2 Å². The molecule has 5 heteroatoms. The number of nitrogens with one attached hydrogen (secondary N) is 1. The van der Waals surface area contributed by atoms with Gasteiger partial charge in [-0.25, -0.2) is 0 Å². The van der Waals surface area contributed by atoms with Crippen molar-refractivity contribution in [3.63, 3.8) is 0 Å². The molecule has 20 heavy (non-hydrogen) atoms. The van der Waals surface area contributed by atoms with Crippen LogP contribution in [0.3, 0.4) is 0 Å². The molecule has 1 N–H and O–H groups in total. The third-order valence-corrected chi connectivity index (χ3v) is 5.02. The largest absolute Gasteiger partial charge is 0.379 e. The number of hydrogen-bond acceptors (Lipinski definition) is 3. The summed E-state index contributed by atoms with van der Waals surface area (Å²) >= 11 is 0. The molecule has 2 heterocycles. The Hall–Kier alpha value is -1.10. The second-order valence-corrected chi connectivity index (χ2v) is 6.46. The van der Waals surface area contributed by atoms with Gasteiger partial charge in [-0.15, -0.1) is 0 Å². The Morgan fingerprint density at radius 3 is 2.65 bits per heavy atom. The number of carbonyl (C=O) groups is 2. The van der Waals surface area contributed by atoms with Gasteiger partial charge in [0.05, 0.1) is 12.6 Å². The maximum atomic E-state index is 12.9. The van der Waals surface area contributed by atoms with Crippen molar-refractivity contribution >= 4 is 11.8 Å². The van der Waals surface area contributed by atoms with E-state index in [9.17, 15) is 9.59 Å². The molecular formula is C15H24N2O3. The molecule has 2 amide bonds. The topological polar surface area (TPSA) is 58.6 Å². The third kappa shape index (κ3) is 2.03. The number of rotatable bonds is 4. The van der Waals surface area contributed by atoms with Crippen LogP contribution >= 0.6 is 0 Å². The molecule has 0 bridgehead atoms. The normalized spacial score (nSPS) is 38.2. The maximum absolute atomic E-state index is 12.9. The third-order valence-electron chi connectivity index (χ3n) is 5.02. The molecule has 0 spiro atoms. The molecule has 3 fully saturated rings. The first kappa shape index (κ1) is 13.9. The fourth-order valence-corrected chi connectivity index (χ4v) is 3.67. The molecule has 3 unspecified atom stereocenters. The molecule has 3 atom stereocenters. The van der Waals surface area contributed by atoms with Crippen LogP contribution in [0, 0.1) is 5.92 Å². The Morgan fingerprint density at radius 1 is 1.35 bits per heavy atom. The van der Waals surface area contributed by atoms with Gasteiger partial charge in [0.15, 0.2) is 0 Å². The molecule has 3 rings (SSSR count). The molecule has 5 nitrogen and oxygen atoms in total. The number of piperazine rings is 1. The molecular weight excluding hydrogens is 256 g/mol. The van der Waals surface area contributed by atoms with Crippen LogP contribution < -0.4 is 5.32 Å². The first-order chi connectivity index (χ1) is 9.59. The van der Waals surface area contributed by atoms with Crippen LogP contribution in [0.1, 0.15) is 46.0 Å². The molecule has 1 saturated carbocycles. The monoisotopic (exact) mass is 280 g/mol. The SMILES string of the molecule is CCCC1NC(=O)C(C)(C2CC2)N(C2CCOC2)C1=O. The van der Waals surface area contributed by atoms with Crippen molar-refractivity contribution in [3.8, 4) is 0 Å². The van der Waals surface area contributed by atoms with E-state index < -0.39 is 5.54 Å². The molecule has 0 radical (unpaired) electrons. The zero-order valence-electron chi connectivity index (χ0n) is 12.4. The predicted octanol–water partition coefficient (Wildman–Crippen LogP) is 1.07. The van der Waals surface area contributed by atoms with Crippen LogP contribution in [0.5, 0.6) is 0 Å². The zero-order valence-corrected chi connectivity index (χ0v) is 12.4. The van der Waals surface area contributed by atoms with Gasteiger partial charge in [-0.2, -0.15) is 0 Å². The molecule has 112 valence electrons. The second kappa shape index (κ2) is 5.02. The average molecular weight is 280 g/mol. The minimum atomic E-state index is -0.667. The summed E-state index contributed by atoms with van der Waals surface area (Å²) in [6, 6.07) is -0.279. The minimum absolute atomic E-state index is 0.0324. The van der Waals surface area contributed by atoms with Gasteiger partial charge >= 0.3 is 0 Å². The first-order valence-corrected chi connectivity index (χ1v) is 7.81. The van der Waals surface area contributed by atoms with Gasteiger partial charge in [-0.3, -0.25) is 9.59 Å². The number of hydrogen-bond donors (Lipinski definition) is 1. The van der Waals surface area contributed by atoms with Crippen molar-refractivity contribution in [2.24, 2.45) is 5.92 Å². The van der Waals surface area contributed by atoms with Crippen molar-refractivity contribution in [2.45, 2.75) is 63.6 Å². The maximum Gasteiger partial charge on any atom is 0.246 e. The van der Waals surface area contributed by atoms with Crippen LogP contribution in [-0.2, 0) is 14.3 Å². The van der Waals surface area contributed by atoms with E-state index in [2.05, 4.69) is 5.32 Å². The van der Waals surface area contributed by atoms with E-state index in [1.165, 1.54) is 0 Å². The molecule has 2 aliphatic heterocycles. The highest BCUT2D eigenvalue weighted by Crippen LogP contribution is 2.46. The van der Waals surface area contributed by atoms with Gasteiger partial charge in [0.25, 0.3) is 0 Å². The smallest absolute Gasteiger partial charge is 0.246 e. The highest BCUT2D eigenvalue weighted by atomic mass is 16.5. The Kier molecular flexibility index (Phi) is 3.48. The van der Waals surface area contributed by atoms with E-state index in [4.69, 9.17) is 4.74 Å². The van der Waals surface area contributed by atoms with Crippen LogP contribution in [0.25, 0.3) is 0 Å². The summed E-state index contributed by atoms with van der Waals surface area (Å²) in [5, 5.41) is 2.96. The van der Waals surface area contributed by atoms with E-state index in [1.54, 1.807) is 0 Å². The Morgan fingerprint density at radius 2 is 2.10 bits per heavy atom. The summed E-state index contributed by atoms with van der Waals surface area (Å²) in [7, 11) is 0. The first-order valence-electron chi connectivity index (χ1n) is 7.81. The molecule has 0 aromatic heterocycles. The van der Waals surface area contributed by atoms with Gasteiger partial charge in [0.2, 0.25) is 11.8 Å². The standard InChI is InChI=1S/C15H24N2O3/c1-3-4-12-13(18)17(11-7-8-20-9-11)15(2,10-5-6-10)14(19)16-12/h10-12H,3-9H2,1-2H3,(H,16,19). The van der Waals surface area contributed by atoms with Crippen molar-refractivity contribution in [1.29, 1.82) is 0 Å². The van der Waals surface area contributed by atoms with E-state index in [0.717, 1.165) is 32.1 Å². The summed E-state index contributed by atoms with van der Waals surface area (Å²) < 4.78 is 5.46. The summed E-state index contributed by atoms with van der Waals surface area (Å²) in [6.07, 6.45) is 4.54. The quantitative estimate of drug-likeness (QED) is 0.838. The summed E-state index contributed by atoms with van der Waals surface area (Å²) in [5.74, 6) is 0.441. The van der Waals surface area contributed by atoms with E-state index >= 15 is 0 Å². The molecule has 2 saturated heterocycles. The fourth-order valence-electron chi connectivity index (χ4n) is 3.67. The van der Waals surface area contributed by atoms with Crippen LogP contribution in [0.15, 0.2) is 0 Å². The van der Waals surface area contributed by atoms with Gasteiger partial charge < -0.3 is 15.0 Å². The molecule has 1 aliphatic carbocycles. The lowest BCUT2D eigenvalue weighted by molar-refractivity contribution is -0.162. The van der Waals surface area contributed by atoms with Crippen LogP contribution in [0.2, 0.25) is 0 Å². The number of carbonyl (C=O) groups excluding carboxylic acids is 2. The van der Waals surface area contributed by atoms with Gasteiger partial charge in [0, 0.05) is 6.61 Å². The highest BCUT2D eigenvalue weighted by molar-refractivity contribution is 6.00. The lowest BCUT2D eigenvalue weighted by Crippen LogP contribution is -2.72. The van der Waals surface area contributed by atoms with Crippen molar-refractivity contribution < 1.29 is 14.3 Å². The Balaban J connectivity index is 1.92. The van der Waals surface area contributed by atoms with E-state index in [0.29, 0.717) is 19.1 Å². The summed E-state index contributed by atoms with van der Waals surface area (Å²) in [6.45, 7) is 5.24. The average Bonchev–Trinajstić information content (AvgIpc) is 3.15. The van der Waals surface area contributed by atoms with Gasteiger partial charge in [0.1, 0.15) is 11.6 Å². The lowest BCUT2D eigenvalue weighted by atomic mass is 9.85. The second-order valence-electron chi connectivity index (χ2n) is 6.46. The molecule has 0 aromatic rings. The highest BCUT2D eigenvalue weighted by Gasteiger charge is 2.58. The number of amides is 2. The number of nitrogens with zero attached hydrogens (tertiary/aromatic N) is 1. The predicted molar refractivity (Wildman–Crippen MR) is 74.0 cm³/mol. The van der Waals surface area contributed by atoms with Gasteiger partial charge in [-0.1, -0.05) is 13.3 Å². The van der Waals surface area contributed by atoms with E-state index in [-0.39, 0.29) is 23.9 Å². The fraction of sp³-hybridized carbons (Fsp3) is 0.867. The van der Waals surface area contributed by atoms with Crippen molar-refractivity contribution in [2.75, 3.05) is 13.2 Å². The van der Waals surface area contributed by atoms with Crippen molar-refractivity contribution in [3.05, 3.63) is 0 Å². The Labute approximate surface area is 120 Å². The zero-order chi connectivity index (χ0) is 14.3. The number of ether oxygens (including phenoxy) is 1. The minimum Gasteiger partial charge on any atom is -0.379 e. The summed E-state index contributed by atoms with van der Waals surface area (Å²) in [4.78, 5) is 27.4. The molecule has 3 aliphatic rings. The summed E-state index contributed by atoms with van der Waals surface area (Å²) in [5.41, 5.74) is -0.667. The van der Waals surface area contributed by atoms with E-state index in [1.807, 2.05) is 18.7 Å². The van der Waals surface area contributed by atoms with Crippen LogP contribution in [0.4, 0.5) is 0 Å². The van der Waals surface area contributed by atoms with Gasteiger partial charge in [-0.05, 0) is 38.5 Å².